The van der Waals surface area contributed by atoms with Crippen molar-refractivity contribution in [2.45, 2.75) is 18.0 Å². The molecule has 0 bridgehead atoms. The number of carbonyl (C=O) groups excluding carboxylic acids is 1. The lowest BCUT2D eigenvalue weighted by molar-refractivity contribution is 0.0729. The summed E-state index contributed by atoms with van der Waals surface area (Å²) in [6, 6.07) is 17.7. The van der Waals surface area contributed by atoms with Gasteiger partial charge in [-0.3, -0.25) is 4.79 Å². The zero-order valence-corrected chi connectivity index (χ0v) is 20.0. The van der Waals surface area contributed by atoms with Crippen LogP contribution in [0, 0.1) is 0 Å². The monoisotopic (exact) mass is 486 g/mol. The molecule has 7 nitrogen and oxygen atoms in total. The molecule has 1 aromatic heterocycles. The highest BCUT2D eigenvalue weighted by molar-refractivity contribution is 7.89. The lowest BCUT2D eigenvalue weighted by Gasteiger charge is -2.26. The molecule has 0 atom stereocenters. The Morgan fingerprint density at radius 2 is 1.76 bits per heavy atom. The first kappa shape index (κ1) is 23.4. The normalized spacial score (nSPS) is 14.7. The van der Waals surface area contributed by atoms with Crippen LogP contribution in [-0.4, -0.2) is 56.9 Å². The molecule has 1 fully saturated rings. The van der Waals surface area contributed by atoms with E-state index in [9.17, 15) is 13.2 Å². The number of carbonyl (C=O) groups is 1. The van der Waals surface area contributed by atoms with E-state index in [1.54, 1.807) is 35.5 Å². The number of morpholine rings is 1. The molecule has 4 rings (SSSR count). The van der Waals surface area contributed by atoms with Crippen LogP contribution in [0.4, 0.5) is 0 Å². The van der Waals surface area contributed by atoms with E-state index in [4.69, 9.17) is 9.47 Å². The van der Waals surface area contributed by atoms with Crippen LogP contribution in [-0.2, 0) is 27.8 Å². The highest BCUT2D eigenvalue weighted by atomic mass is 32.2. The predicted molar refractivity (Wildman–Crippen MR) is 127 cm³/mol. The van der Waals surface area contributed by atoms with Crippen LogP contribution in [0.2, 0.25) is 0 Å². The highest BCUT2D eigenvalue weighted by Crippen LogP contribution is 2.24. The Labute approximate surface area is 198 Å². The Morgan fingerprint density at radius 1 is 1.03 bits per heavy atom. The van der Waals surface area contributed by atoms with Crippen molar-refractivity contribution >= 4 is 27.3 Å². The van der Waals surface area contributed by atoms with E-state index < -0.39 is 10.0 Å². The summed E-state index contributed by atoms with van der Waals surface area (Å²) in [6.45, 7) is 2.25. The molecular formula is C24H26N2O5S2. The minimum Gasteiger partial charge on any atom is -0.496 e. The largest absolute Gasteiger partial charge is 0.496 e. The number of amides is 1. The average Bonchev–Trinajstić information content (AvgIpc) is 3.37. The number of benzene rings is 2. The van der Waals surface area contributed by atoms with E-state index in [0.717, 1.165) is 10.4 Å². The zero-order valence-electron chi connectivity index (χ0n) is 18.3. The van der Waals surface area contributed by atoms with Crippen molar-refractivity contribution in [2.24, 2.45) is 0 Å². The molecular weight excluding hydrogens is 460 g/mol. The Morgan fingerprint density at radius 3 is 2.42 bits per heavy atom. The van der Waals surface area contributed by atoms with Gasteiger partial charge in [-0.25, -0.2) is 8.42 Å². The summed E-state index contributed by atoms with van der Waals surface area (Å²) < 4.78 is 37.9. The molecule has 0 saturated carbocycles. The lowest BCUT2D eigenvalue weighted by atomic mass is 10.1. The molecule has 33 heavy (non-hydrogen) atoms. The minimum atomic E-state index is -3.61. The fraction of sp³-hybridized carbons (Fsp3) is 0.292. The molecule has 0 unspecified atom stereocenters. The number of rotatable bonds is 8. The number of hydrogen-bond donors (Lipinski definition) is 0. The van der Waals surface area contributed by atoms with E-state index in [1.165, 1.54) is 16.4 Å². The molecule has 174 valence electrons. The summed E-state index contributed by atoms with van der Waals surface area (Å²) in [6.07, 6.45) is 0. The molecule has 0 N–H and O–H groups in total. The first-order valence-electron chi connectivity index (χ1n) is 10.6. The van der Waals surface area contributed by atoms with E-state index in [2.05, 4.69) is 0 Å². The molecule has 2 heterocycles. The Hall–Kier alpha value is -2.72. The van der Waals surface area contributed by atoms with Gasteiger partial charge in [-0.1, -0.05) is 24.3 Å². The van der Waals surface area contributed by atoms with Gasteiger partial charge in [0.15, 0.2) is 0 Å². The SMILES string of the molecule is COc1ccccc1CN(Cc1cccs1)C(=O)c1ccc(S(=O)(=O)N2CCOCC2)cc1. The number of sulfonamides is 1. The van der Waals surface area contributed by atoms with E-state index in [-0.39, 0.29) is 10.8 Å². The molecule has 0 radical (unpaired) electrons. The second-order valence-corrected chi connectivity index (χ2v) is 10.6. The maximum absolute atomic E-state index is 13.5. The van der Waals surface area contributed by atoms with E-state index >= 15 is 0 Å². The summed E-state index contributed by atoms with van der Waals surface area (Å²) in [7, 11) is -2.00. The van der Waals surface area contributed by atoms with Crippen LogP contribution in [0.5, 0.6) is 5.75 Å². The Kier molecular flexibility index (Phi) is 7.44. The van der Waals surface area contributed by atoms with Crippen LogP contribution in [0.25, 0.3) is 0 Å². The first-order valence-corrected chi connectivity index (χ1v) is 12.9. The van der Waals surface area contributed by atoms with Crippen molar-refractivity contribution in [1.82, 2.24) is 9.21 Å². The van der Waals surface area contributed by atoms with Crippen molar-refractivity contribution < 1.29 is 22.7 Å². The summed E-state index contributed by atoms with van der Waals surface area (Å²) in [5.74, 6) is 0.540. The predicted octanol–water partition coefficient (Wildman–Crippen LogP) is 3.62. The maximum atomic E-state index is 13.5. The van der Waals surface area contributed by atoms with Crippen LogP contribution < -0.4 is 4.74 Å². The highest BCUT2D eigenvalue weighted by Gasteiger charge is 2.27. The summed E-state index contributed by atoms with van der Waals surface area (Å²) in [5, 5.41) is 1.98. The standard InChI is InChI=1S/C24H26N2O5S2/c1-30-23-7-3-2-5-20(23)17-25(18-21-6-4-16-32-21)24(27)19-8-10-22(11-9-19)33(28,29)26-12-14-31-15-13-26/h2-11,16H,12-15,17-18H2,1H3. The molecule has 1 saturated heterocycles. The second kappa shape index (κ2) is 10.5. The second-order valence-electron chi connectivity index (χ2n) is 7.59. The van der Waals surface area contributed by atoms with Gasteiger partial charge in [0.05, 0.1) is 38.3 Å². The molecule has 0 aliphatic carbocycles. The van der Waals surface area contributed by atoms with E-state index in [1.807, 2.05) is 41.8 Å². The topological polar surface area (TPSA) is 76.2 Å². The van der Waals surface area contributed by atoms with Gasteiger partial charge in [-0.05, 0) is 41.8 Å². The molecule has 1 aliphatic heterocycles. The third-order valence-corrected chi connectivity index (χ3v) is 8.25. The fourth-order valence-corrected chi connectivity index (χ4v) is 5.84. The number of para-hydroxylation sites is 1. The van der Waals surface area contributed by atoms with Gasteiger partial charge >= 0.3 is 0 Å². The van der Waals surface area contributed by atoms with Crippen LogP contribution in [0.1, 0.15) is 20.8 Å². The van der Waals surface area contributed by atoms with Gasteiger partial charge in [0.2, 0.25) is 10.0 Å². The molecule has 9 heteroatoms. The zero-order chi connectivity index (χ0) is 23.3. The van der Waals surface area contributed by atoms with E-state index in [0.29, 0.717) is 50.7 Å². The van der Waals surface area contributed by atoms with Crippen LogP contribution in [0.15, 0.2) is 70.9 Å². The summed E-state index contributed by atoms with van der Waals surface area (Å²) >= 11 is 1.59. The molecule has 1 aliphatic rings. The minimum absolute atomic E-state index is 0.176. The number of nitrogens with zero attached hydrogens (tertiary/aromatic N) is 2. The number of ether oxygens (including phenoxy) is 2. The van der Waals surface area contributed by atoms with Gasteiger partial charge in [0, 0.05) is 29.1 Å². The van der Waals surface area contributed by atoms with Crippen molar-refractivity contribution in [3.63, 3.8) is 0 Å². The molecule has 0 spiro atoms. The summed E-state index contributed by atoms with van der Waals surface area (Å²) in [5.41, 5.74) is 1.33. The maximum Gasteiger partial charge on any atom is 0.254 e. The number of hydrogen-bond acceptors (Lipinski definition) is 6. The number of methoxy groups -OCH3 is 1. The quantitative estimate of drug-likeness (QED) is 0.486. The molecule has 3 aromatic rings. The van der Waals surface area contributed by atoms with Crippen molar-refractivity contribution in [2.75, 3.05) is 33.4 Å². The first-order chi connectivity index (χ1) is 16.0. The lowest BCUT2D eigenvalue weighted by Crippen LogP contribution is -2.40. The van der Waals surface area contributed by atoms with Gasteiger partial charge in [0.25, 0.3) is 5.91 Å². The van der Waals surface area contributed by atoms with Gasteiger partial charge in [-0.15, -0.1) is 11.3 Å². The van der Waals surface area contributed by atoms with Crippen LogP contribution >= 0.6 is 11.3 Å². The van der Waals surface area contributed by atoms with Crippen molar-refractivity contribution in [1.29, 1.82) is 0 Å². The fourth-order valence-electron chi connectivity index (χ4n) is 3.72. The third kappa shape index (κ3) is 5.44. The number of thiophene rings is 1. The van der Waals surface area contributed by atoms with Gasteiger partial charge in [-0.2, -0.15) is 4.31 Å². The Balaban J connectivity index is 1.57. The third-order valence-electron chi connectivity index (χ3n) is 5.48. The van der Waals surface area contributed by atoms with Gasteiger partial charge < -0.3 is 14.4 Å². The smallest absolute Gasteiger partial charge is 0.254 e. The van der Waals surface area contributed by atoms with Crippen LogP contribution in [0.3, 0.4) is 0 Å². The van der Waals surface area contributed by atoms with Crippen molar-refractivity contribution in [3.8, 4) is 5.75 Å². The molecule has 2 aromatic carbocycles. The Bertz CT molecular complexity index is 1170. The summed E-state index contributed by atoms with van der Waals surface area (Å²) in [4.78, 5) is 16.4. The van der Waals surface area contributed by atoms with Crippen molar-refractivity contribution in [3.05, 3.63) is 82.0 Å². The van der Waals surface area contributed by atoms with Gasteiger partial charge in [0.1, 0.15) is 5.75 Å². The molecule has 1 amide bonds. The average molecular weight is 487 g/mol.